The molecule has 0 rings (SSSR count). The lowest BCUT2D eigenvalue weighted by molar-refractivity contribution is -0.118. The first-order valence-corrected chi connectivity index (χ1v) is 9.19. The molecule has 5 nitrogen and oxygen atoms in total. The third-order valence-electron chi connectivity index (χ3n) is 2.93. The summed E-state index contributed by atoms with van der Waals surface area (Å²) in [5.41, 5.74) is 5.05. The average molecular weight is 323 g/mol. The van der Waals surface area contributed by atoms with Crippen LogP contribution in [0.5, 0.6) is 0 Å². The summed E-state index contributed by atoms with van der Waals surface area (Å²) < 4.78 is 23.3. The van der Waals surface area contributed by atoms with Crippen LogP contribution in [0.15, 0.2) is 0 Å². The minimum atomic E-state index is -2.61. The molecule has 1 amide bonds. The Morgan fingerprint density at radius 3 is 1.67 bits per heavy atom. The standard InChI is InChI=1S/C12H25NO.C3H8O3S/c1-2-3-4-5-6-7-8-9-10-11-12(13)14;1-2-3-6-7(4)5/h2-11H2,1H3,(H2,13,14);7H,2-3H2,1H3. The molecule has 6 heteroatoms. The number of hydrogen-bond acceptors (Lipinski definition) is 4. The molecule has 0 radical (unpaired) electrons. The second-order valence-corrected chi connectivity index (χ2v) is 5.81. The molecule has 21 heavy (non-hydrogen) atoms. The van der Waals surface area contributed by atoms with Crippen molar-refractivity contribution >= 4 is 16.9 Å². The molecule has 0 heterocycles. The van der Waals surface area contributed by atoms with Crippen LogP contribution < -0.4 is 5.73 Å². The normalized spacial score (nSPS) is 10.2. The molecule has 2 N–H and O–H groups in total. The van der Waals surface area contributed by atoms with Crippen LogP contribution in [0.3, 0.4) is 0 Å². The highest BCUT2D eigenvalue weighted by molar-refractivity contribution is 7.67. The monoisotopic (exact) mass is 323 g/mol. The van der Waals surface area contributed by atoms with Crippen LogP contribution in [-0.4, -0.2) is 20.9 Å². The van der Waals surface area contributed by atoms with Crippen molar-refractivity contribution in [1.82, 2.24) is 0 Å². The third-order valence-corrected chi connectivity index (χ3v) is 3.32. The van der Waals surface area contributed by atoms with E-state index in [1.54, 1.807) is 0 Å². The summed E-state index contributed by atoms with van der Waals surface area (Å²) in [6.45, 7) is 4.39. The molecule has 0 aliphatic rings. The van der Waals surface area contributed by atoms with Gasteiger partial charge < -0.3 is 5.73 Å². The number of carbonyl (C=O) groups excluding carboxylic acids is 1. The molecule has 0 aromatic heterocycles. The highest BCUT2D eigenvalue weighted by atomic mass is 32.2. The molecule has 0 fully saturated rings. The Hall–Kier alpha value is -0.620. The van der Waals surface area contributed by atoms with Crippen molar-refractivity contribution in [2.24, 2.45) is 5.73 Å². The first-order chi connectivity index (χ1) is 10.0. The predicted octanol–water partition coefficient (Wildman–Crippen LogP) is 3.33. The lowest BCUT2D eigenvalue weighted by Gasteiger charge is -2.00. The van der Waals surface area contributed by atoms with Crippen LogP contribution in [0.2, 0.25) is 0 Å². The van der Waals surface area contributed by atoms with Crippen LogP contribution in [-0.2, 0) is 20.0 Å². The number of unbranched alkanes of at least 4 members (excludes halogenated alkanes) is 8. The average Bonchev–Trinajstić information content (AvgIpc) is 2.43. The molecule has 0 aliphatic heterocycles. The van der Waals surface area contributed by atoms with Gasteiger partial charge in [0.25, 0.3) is 11.0 Å². The summed E-state index contributed by atoms with van der Waals surface area (Å²) in [7, 11) is -2.61. The Labute approximate surface area is 131 Å². The van der Waals surface area contributed by atoms with Crippen molar-refractivity contribution in [3.63, 3.8) is 0 Å². The highest BCUT2D eigenvalue weighted by Crippen LogP contribution is 2.10. The number of nitrogens with two attached hydrogens (primary N) is 1. The van der Waals surface area contributed by atoms with Gasteiger partial charge in [0.1, 0.15) is 0 Å². The van der Waals surface area contributed by atoms with Crippen molar-refractivity contribution in [2.45, 2.75) is 84.5 Å². The van der Waals surface area contributed by atoms with Gasteiger partial charge in [-0.25, -0.2) is 8.42 Å². The van der Waals surface area contributed by atoms with E-state index in [1.807, 2.05) is 6.92 Å². The van der Waals surface area contributed by atoms with E-state index in [1.165, 1.54) is 44.9 Å². The Kier molecular flexibility index (Phi) is 20.9. The van der Waals surface area contributed by atoms with E-state index in [0.717, 1.165) is 19.3 Å². The second kappa shape index (κ2) is 19.4. The van der Waals surface area contributed by atoms with E-state index >= 15 is 0 Å². The highest BCUT2D eigenvalue weighted by Gasteiger charge is 1.94. The van der Waals surface area contributed by atoms with E-state index in [2.05, 4.69) is 11.1 Å². The van der Waals surface area contributed by atoms with Crippen LogP contribution in [0.4, 0.5) is 0 Å². The summed E-state index contributed by atoms with van der Waals surface area (Å²) in [5, 5.41) is 0. The second-order valence-electron chi connectivity index (χ2n) is 5.10. The first-order valence-electron chi connectivity index (χ1n) is 8.10. The number of hydrogen-bond donors (Lipinski definition) is 2. The Morgan fingerprint density at radius 1 is 0.857 bits per heavy atom. The van der Waals surface area contributed by atoms with Gasteiger partial charge >= 0.3 is 0 Å². The van der Waals surface area contributed by atoms with Crippen LogP contribution in [0.1, 0.15) is 84.5 Å². The van der Waals surface area contributed by atoms with Gasteiger partial charge in [-0.05, 0) is 12.8 Å². The van der Waals surface area contributed by atoms with Gasteiger partial charge in [0.05, 0.1) is 6.61 Å². The maximum absolute atomic E-state index is 10.4. The molecule has 0 saturated carbocycles. The third kappa shape index (κ3) is 28.3. The number of carbonyl (C=O) groups is 1. The number of amides is 1. The quantitative estimate of drug-likeness (QED) is 0.402. The van der Waals surface area contributed by atoms with Crippen LogP contribution in [0.25, 0.3) is 0 Å². The molecular formula is C15H33NO4S. The number of primary amides is 1. The van der Waals surface area contributed by atoms with Crippen molar-refractivity contribution in [3.05, 3.63) is 0 Å². The van der Waals surface area contributed by atoms with Gasteiger partial charge in [0.2, 0.25) is 5.91 Å². The van der Waals surface area contributed by atoms with E-state index in [9.17, 15) is 13.2 Å². The van der Waals surface area contributed by atoms with E-state index in [0.29, 0.717) is 13.0 Å². The molecule has 128 valence electrons. The van der Waals surface area contributed by atoms with Crippen molar-refractivity contribution < 1.29 is 17.4 Å². The fourth-order valence-corrected chi connectivity index (χ4v) is 2.11. The number of rotatable bonds is 13. The molecule has 0 unspecified atom stereocenters. The molecule has 0 spiro atoms. The lowest BCUT2D eigenvalue weighted by atomic mass is 10.1. The molecule has 0 aliphatic carbocycles. The van der Waals surface area contributed by atoms with Crippen molar-refractivity contribution in [3.8, 4) is 0 Å². The summed E-state index contributed by atoms with van der Waals surface area (Å²) in [6.07, 6.45) is 12.8. The van der Waals surface area contributed by atoms with Crippen LogP contribution in [0, 0.1) is 0 Å². The van der Waals surface area contributed by atoms with Gasteiger partial charge in [-0.2, -0.15) is 0 Å². The minimum Gasteiger partial charge on any atom is -0.370 e. The lowest BCUT2D eigenvalue weighted by Crippen LogP contribution is -2.09. The summed E-state index contributed by atoms with van der Waals surface area (Å²) in [4.78, 5) is 10.4. The Balaban J connectivity index is 0. The van der Waals surface area contributed by atoms with Crippen LogP contribution >= 0.6 is 0 Å². The Morgan fingerprint density at radius 2 is 1.33 bits per heavy atom. The van der Waals surface area contributed by atoms with Gasteiger partial charge in [-0.3, -0.25) is 8.98 Å². The minimum absolute atomic E-state index is 0.159. The van der Waals surface area contributed by atoms with Crippen molar-refractivity contribution in [1.29, 1.82) is 0 Å². The molecule has 0 saturated heterocycles. The van der Waals surface area contributed by atoms with E-state index < -0.39 is 11.0 Å². The summed E-state index contributed by atoms with van der Waals surface area (Å²) in [6, 6.07) is 0. The van der Waals surface area contributed by atoms with Gasteiger partial charge in [0.15, 0.2) is 0 Å². The molecule has 0 atom stereocenters. The van der Waals surface area contributed by atoms with E-state index in [-0.39, 0.29) is 5.91 Å². The Bertz CT molecular complexity index is 285. The van der Waals surface area contributed by atoms with Crippen molar-refractivity contribution in [2.75, 3.05) is 6.61 Å². The maximum Gasteiger partial charge on any atom is 0.257 e. The SMILES string of the molecule is CCCCCCCCCCCC(N)=O.CCCO[SH](=O)=O. The fraction of sp³-hybridized carbons (Fsp3) is 0.933. The molecule has 0 aromatic rings. The van der Waals surface area contributed by atoms with E-state index in [4.69, 9.17) is 5.73 Å². The summed E-state index contributed by atoms with van der Waals surface area (Å²) >= 11 is 0. The largest absolute Gasteiger partial charge is 0.370 e. The smallest absolute Gasteiger partial charge is 0.257 e. The fourth-order valence-electron chi connectivity index (χ4n) is 1.78. The molecule has 0 bridgehead atoms. The zero-order valence-corrected chi connectivity index (χ0v) is 14.5. The summed E-state index contributed by atoms with van der Waals surface area (Å²) in [5.74, 6) is -0.159. The van der Waals surface area contributed by atoms with Gasteiger partial charge in [0, 0.05) is 6.42 Å². The maximum atomic E-state index is 10.4. The van der Waals surface area contributed by atoms with Gasteiger partial charge in [-0.1, -0.05) is 65.2 Å². The van der Waals surface area contributed by atoms with Gasteiger partial charge in [-0.15, -0.1) is 0 Å². The molecular weight excluding hydrogens is 290 g/mol. The molecule has 0 aromatic carbocycles. The zero-order chi connectivity index (χ0) is 16.3. The zero-order valence-electron chi connectivity index (χ0n) is 13.6. The first kappa shape index (κ1) is 22.7. The predicted molar refractivity (Wildman–Crippen MR) is 87.6 cm³/mol. The number of thiol groups is 1. The topological polar surface area (TPSA) is 86.5 Å².